The van der Waals surface area contributed by atoms with Crippen molar-refractivity contribution in [3.63, 3.8) is 0 Å². The molecule has 7 heteroatoms. The number of halogens is 4. The molecule has 1 aromatic rings. The number of alkyl halides is 3. The first-order valence-electron chi connectivity index (χ1n) is 4.57. The predicted octanol–water partition coefficient (Wildman–Crippen LogP) is 3.16. The highest BCUT2D eigenvalue weighted by Crippen LogP contribution is 2.23. The van der Waals surface area contributed by atoms with Crippen LogP contribution in [0.15, 0.2) is 6.33 Å². The lowest BCUT2D eigenvalue weighted by molar-refractivity contribution is -0.136. The third-order valence-electron chi connectivity index (χ3n) is 1.82. The molecule has 0 spiro atoms. The Morgan fingerprint density at radius 2 is 2.06 bits per heavy atom. The van der Waals surface area contributed by atoms with Gasteiger partial charge in [-0.25, -0.2) is 9.97 Å². The molecule has 16 heavy (non-hydrogen) atoms. The van der Waals surface area contributed by atoms with Gasteiger partial charge in [-0.05, 0) is 13.3 Å². The molecule has 1 rings (SSSR count). The Bertz CT molecular complexity index is 357. The summed E-state index contributed by atoms with van der Waals surface area (Å²) in [5, 5.41) is 0.237. The van der Waals surface area contributed by atoms with Gasteiger partial charge in [0.1, 0.15) is 11.5 Å². The Morgan fingerprint density at radius 3 is 2.69 bits per heavy atom. The number of ether oxygens (including phenoxy) is 1. The molecular formula is C9H10ClF3N2O. The molecule has 0 radical (unpaired) electrons. The van der Waals surface area contributed by atoms with Gasteiger partial charge >= 0.3 is 6.18 Å². The molecule has 3 nitrogen and oxygen atoms in total. The Labute approximate surface area is 95.6 Å². The van der Waals surface area contributed by atoms with Crippen LogP contribution in [0, 0.1) is 6.92 Å². The lowest BCUT2D eigenvalue weighted by Gasteiger charge is -2.09. The molecule has 1 heterocycles. The van der Waals surface area contributed by atoms with Crippen molar-refractivity contribution < 1.29 is 17.9 Å². The second kappa shape index (κ2) is 5.34. The molecule has 0 saturated heterocycles. The fraction of sp³-hybridized carbons (Fsp3) is 0.556. The number of nitrogens with zero attached hydrogens (tertiary/aromatic N) is 2. The van der Waals surface area contributed by atoms with Crippen LogP contribution in [-0.4, -0.2) is 22.8 Å². The first-order valence-corrected chi connectivity index (χ1v) is 4.94. The summed E-state index contributed by atoms with van der Waals surface area (Å²) in [5.41, 5.74) is 0.524. The lowest BCUT2D eigenvalue weighted by Crippen LogP contribution is -2.10. The van der Waals surface area contributed by atoms with Crippen LogP contribution < -0.4 is 4.74 Å². The van der Waals surface area contributed by atoms with Crippen molar-refractivity contribution >= 4 is 11.6 Å². The Hall–Kier alpha value is -1.04. The van der Waals surface area contributed by atoms with Gasteiger partial charge in [0.25, 0.3) is 0 Å². The molecule has 0 fully saturated rings. The summed E-state index contributed by atoms with van der Waals surface area (Å²) >= 11 is 5.69. The molecule has 0 aliphatic heterocycles. The zero-order valence-corrected chi connectivity index (χ0v) is 9.27. The third-order valence-corrected chi connectivity index (χ3v) is 2.20. The SMILES string of the molecule is Cc1c(Cl)ncnc1OCCCC(F)(F)F. The number of hydrogen-bond donors (Lipinski definition) is 0. The smallest absolute Gasteiger partial charge is 0.389 e. The van der Waals surface area contributed by atoms with Gasteiger partial charge < -0.3 is 4.74 Å². The Morgan fingerprint density at radius 1 is 1.38 bits per heavy atom. The van der Waals surface area contributed by atoms with Crippen LogP contribution in [0.5, 0.6) is 5.88 Å². The maximum atomic E-state index is 11.8. The topological polar surface area (TPSA) is 35.0 Å². The van der Waals surface area contributed by atoms with Gasteiger partial charge in [-0.3, -0.25) is 0 Å². The summed E-state index contributed by atoms with van der Waals surface area (Å²) in [7, 11) is 0. The molecule has 0 aliphatic rings. The van der Waals surface area contributed by atoms with E-state index in [1.54, 1.807) is 6.92 Å². The summed E-state index contributed by atoms with van der Waals surface area (Å²) < 4.78 is 40.5. The predicted molar refractivity (Wildman–Crippen MR) is 52.6 cm³/mol. The number of rotatable bonds is 4. The van der Waals surface area contributed by atoms with E-state index in [4.69, 9.17) is 16.3 Å². The van der Waals surface area contributed by atoms with Crippen LogP contribution in [0.25, 0.3) is 0 Å². The molecule has 0 aromatic carbocycles. The Kier molecular flexibility index (Phi) is 4.35. The molecule has 1 aromatic heterocycles. The highest BCUT2D eigenvalue weighted by Gasteiger charge is 2.26. The molecule has 0 bridgehead atoms. The minimum absolute atomic E-state index is 0.0479. The molecule has 0 aliphatic carbocycles. The quantitative estimate of drug-likeness (QED) is 0.612. The molecule has 0 N–H and O–H groups in total. The minimum Gasteiger partial charge on any atom is -0.477 e. The summed E-state index contributed by atoms with van der Waals surface area (Å²) in [4.78, 5) is 7.48. The largest absolute Gasteiger partial charge is 0.477 e. The van der Waals surface area contributed by atoms with E-state index in [0.29, 0.717) is 5.56 Å². The Balaban J connectivity index is 2.41. The van der Waals surface area contributed by atoms with Crippen molar-refractivity contribution in [2.75, 3.05) is 6.61 Å². The average molecular weight is 255 g/mol. The second-order valence-corrected chi connectivity index (χ2v) is 3.52. The first kappa shape index (κ1) is 13.0. The maximum Gasteiger partial charge on any atom is 0.389 e. The average Bonchev–Trinajstić information content (AvgIpc) is 2.17. The fourth-order valence-corrected chi connectivity index (χ4v) is 1.13. The summed E-state index contributed by atoms with van der Waals surface area (Å²) in [6, 6.07) is 0. The van der Waals surface area contributed by atoms with Crippen molar-refractivity contribution in [1.29, 1.82) is 0 Å². The first-order chi connectivity index (χ1) is 7.40. The summed E-state index contributed by atoms with van der Waals surface area (Å²) in [6.45, 7) is 1.59. The lowest BCUT2D eigenvalue weighted by atomic mass is 10.3. The van der Waals surface area contributed by atoms with E-state index in [9.17, 15) is 13.2 Å². The fourth-order valence-electron chi connectivity index (χ4n) is 1.00. The van der Waals surface area contributed by atoms with Gasteiger partial charge in [-0.15, -0.1) is 0 Å². The second-order valence-electron chi connectivity index (χ2n) is 3.16. The van der Waals surface area contributed by atoms with E-state index in [0.717, 1.165) is 0 Å². The molecule has 0 saturated carbocycles. The van der Waals surface area contributed by atoms with Crippen LogP contribution in [0.2, 0.25) is 5.15 Å². The van der Waals surface area contributed by atoms with Gasteiger partial charge in [-0.1, -0.05) is 11.6 Å². The number of aromatic nitrogens is 2. The monoisotopic (exact) mass is 254 g/mol. The van der Waals surface area contributed by atoms with Crippen molar-refractivity contribution in [3.05, 3.63) is 17.0 Å². The van der Waals surface area contributed by atoms with Crippen LogP contribution in [0.3, 0.4) is 0 Å². The molecule has 0 atom stereocenters. The van der Waals surface area contributed by atoms with Crippen LogP contribution in [0.4, 0.5) is 13.2 Å². The van der Waals surface area contributed by atoms with Gasteiger partial charge in [0.05, 0.1) is 6.61 Å². The zero-order valence-electron chi connectivity index (χ0n) is 8.51. The van der Waals surface area contributed by atoms with Crippen LogP contribution in [0.1, 0.15) is 18.4 Å². The van der Waals surface area contributed by atoms with Crippen molar-refractivity contribution in [3.8, 4) is 5.88 Å². The highest BCUT2D eigenvalue weighted by atomic mass is 35.5. The van der Waals surface area contributed by atoms with Gasteiger partial charge in [0, 0.05) is 12.0 Å². The van der Waals surface area contributed by atoms with E-state index >= 15 is 0 Å². The molecule has 0 amide bonds. The standard InChI is InChI=1S/C9H10ClF3N2O/c1-6-7(10)14-5-15-8(6)16-4-2-3-9(11,12)13/h5H,2-4H2,1H3. The van der Waals surface area contributed by atoms with Gasteiger partial charge in [-0.2, -0.15) is 13.2 Å². The number of hydrogen-bond acceptors (Lipinski definition) is 3. The van der Waals surface area contributed by atoms with Gasteiger partial charge in [0.2, 0.25) is 5.88 Å². The zero-order chi connectivity index (χ0) is 12.2. The van der Waals surface area contributed by atoms with Gasteiger partial charge in [0.15, 0.2) is 0 Å². The third kappa shape index (κ3) is 4.22. The van der Waals surface area contributed by atoms with Crippen molar-refractivity contribution in [2.24, 2.45) is 0 Å². The van der Waals surface area contributed by atoms with E-state index in [1.807, 2.05) is 0 Å². The van der Waals surface area contributed by atoms with E-state index in [2.05, 4.69) is 9.97 Å². The summed E-state index contributed by atoms with van der Waals surface area (Å²) in [6.07, 6.45) is -3.93. The molecule has 0 unspecified atom stereocenters. The van der Waals surface area contributed by atoms with Crippen molar-refractivity contribution in [1.82, 2.24) is 9.97 Å². The normalized spacial score (nSPS) is 11.6. The van der Waals surface area contributed by atoms with E-state index in [-0.39, 0.29) is 24.1 Å². The molecule has 90 valence electrons. The summed E-state index contributed by atoms with van der Waals surface area (Å²) in [5.74, 6) is 0.224. The van der Waals surface area contributed by atoms with Crippen LogP contribution in [-0.2, 0) is 0 Å². The van der Waals surface area contributed by atoms with Crippen LogP contribution >= 0.6 is 11.6 Å². The minimum atomic E-state index is -4.15. The van der Waals surface area contributed by atoms with E-state index in [1.165, 1.54) is 6.33 Å². The molecular weight excluding hydrogens is 245 g/mol. The van der Waals surface area contributed by atoms with Crippen molar-refractivity contribution in [2.45, 2.75) is 25.9 Å². The highest BCUT2D eigenvalue weighted by molar-refractivity contribution is 6.30. The maximum absolute atomic E-state index is 11.8. The van der Waals surface area contributed by atoms with E-state index < -0.39 is 12.6 Å².